The van der Waals surface area contributed by atoms with Crippen molar-refractivity contribution in [3.8, 4) is 0 Å². The zero-order valence-corrected chi connectivity index (χ0v) is 17.0. The monoisotopic (exact) mass is 417 g/mol. The molecule has 0 fully saturated rings. The Labute approximate surface area is 163 Å². The van der Waals surface area contributed by atoms with Crippen LogP contribution in [-0.2, 0) is 24.3 Å². The van der Waals surface area contributed by atoms with Crippen LogP contribution < -0.4 is 15.4 Å². The van der Waals surface area contributed by atoms with Crippen molar-refractivity contribution >= 4 is 27.9 Å². The van der Waals surface area contributed by atoms with Crippen molar-refractivity contribution < 1.29 is 31.9 Å². The van der Waals surface area contributed by atoms with Crippen LogP contribution >= 0.6 is 0 Å². The number of halogens is 1. The van der Waals surface area contributed by atoms with Gasteiger partial charge in [-0.3, -0.25) is 14.9 Å². The first-order chi connectivity index (χ1) is 12.7. The molecule has 1 aromatic carbocycles. The van der Waals surface area contributed by atoms with Gasteiger partial charge in [-0.15, -0.1) is 0 Å². The molecule has 0 aliphatic heterocycles. The minimum atomic E-state index is -4.32. The number of carbonyl (C=O) groups excluding carboxylic acids is 3. The van der Waals surface area contributed by atoms with Crippen molar-refractivity contribution in [2.24, 2.45) is 0 Å². The van der Waals surface area contributed by atoms with Gasteiger partial charge in [0.15, 0.2) is 6.10 Å². The Bertz CT molecular complexity index is 851. The van der Waals surface area contributed by atoms with Gasteiger partial charge in [-0.2, -0.15) is 4.72 Å². The minimum absolute atomic E-state index is 0.580. The van der Waals surface area contributed by atoms with Crippen LogP contribution in [0.25, 0.3) is 0 Å². The standard InChI is InChI=1S/C17H24FN3O6S/c1-10(21-28(25,26)13-9-7-6-8-12(13)18)15(23)27-11(2)14(22)19-16(24)20-17(3,4)5/h6-11,21H,1-5H3,(H2,19,20,22,24)/t10-,11+/m0/s1. The minimum Gasteiger partial charge on any atom is -0.451 e. The second-order valence-electron chi connectivity index (χ2n) is 7.05. The maximum absolute atomic E-state index is 13.7. The second kappa shape index (κ2) is 9.11. The van der Waals surface area contributed by atoms with Crippen LogP contribution in [0.4, 0.5) is 9.18 Å². The lowest BCUT2D eigenvalue weighted by molar-refractivity contribution is -0.155. The SMILES string of the molecule is C[C@H](NS(=O)(=O)c1ccccc1F)C(=O)O[C@H](C)C(=O)NC(=O)NC(C)(C)C. The fraction of sp³-hybridized carbons (Fsp3) is 0.471. The predicted octanol–water partition coefficient (Wildman–Crippen LogP) is 1.05. The molecule has 0 saturated heterocycles. The largest absolute Gasteiger partial charge is 0.451 e. The van der Waals surface area contributed by atoms with Crippen LogP contribution in [0.5, 0.6) is 0 Å². The smallest absolute Gasteiger partial charge is 0.324 e. The highest BCUT2D eigenvalue weighted by Crippen LogP contribution is 2.14. The number of sulfonamides is 1. The molecule has 3 N–H and O–H groups in total. The highest BCUT2D eigenvalue weighted by atomic mass is 32.2. The molecule has 0 aliphatic rings. The summed E-state index contributed by atoms with van der Waals surface area (Å²) >= 11 is 0. The highest BCUT2D eigenvalue weighted by molar-refractivity contribution is 7.89. The summed E-state index contributed by atoms with van der Waals surface area (Å²) < 4.78 is 44.9. The second-order valence-corrected chi connectivity index (χ2v) is 8.73. The van der Waals surface area contributed by atoms with Crippen LogP contribution in [-0.4, -0.2) is 44.0 Å². The molecule has 1 aromatic rings. The molecule has 0 radical (unpaired) electrons. The van der Waals surface area contributed by atoms with E-state index in [1.54, 1.807) is 20.8 Å². The van der Waals surface area contributed by atoms with Crippen molar-refractivity contribution in [3.63, 3.8) is 0 Å². The Morgan fingerprint density at radius 1 is 1.11 bits per heavy atom. The van der Waals surface area contributed by atoms with Crippen LogP contribution in [0.1, 0.15) is 34.6 Å². The summed E-state index contributed by atoms with van der Waals surface area (Å²) in [6.45, 7) is 7.53. The highest BCUT2D eigenvalue weighted by Gasteiger charge is 2.28. The average molecular weight is 417 g/mol. The molecule has 0 unspecified atom stereocenters. The topological polar surface area (TPSA) is 131 Å². The molecule has 9 nitrogen and oxygen atoms in total. The lowest BCUT2D eigenvalue weighted by atomic mass is 10.1. The first kappa shape index (κ1) is 23.5. The van der Waals surface area contributed by atoms with Gasteiger partial charge in [0, 0.05) is 5.54 Å². The molecule has 156 valence electrons. The van der Waals surface area contributed by atoms with E-state index < -0.39 is 56.3 Å². The van der Waals surface area contributed by atoms with E-state index in [1.807, 2.05) is 10.0 Å². The van der Waals surface area contributed by atoms with Crippen molar-refractivity contribution in [1.29, 1.82) is 0 Å². The summed E-state index contributed by atoms with van der Waals surface area (Å²) in [4.78, 5) is 35.0. The number of urea groups is 1. The van der Waals surface area contributed by atoms with E-state index >= 15 is 0 Å². The van der Waals surface area contributed by atoms with Gasteiger partial charge in [-0.1, -0.05) is 12.1 Å². The quantitative estimate of drug-likeness (QED) is 0.593. The average Bonchev–Trinajstić information content (AvgIpc) is 2.52. The number of hydrogen-bond acceptors (Lipinski definition) is 6. The van der Waals surface area contributed by atoms with Crippen molar-refractivity contribution in [3.05, 3.63) is 30.1 Å². The van der Waals surface area contributed by atoms with E-state index in [2.05, 4.69) is 5.32 Å². The molecule has 0 saturated carbocycles. The van der Waals surface area contributed by atoms with Crippen molar-refractivity contribution in [2.45, 2.75) is 57.2 Å². The zero-order valence-electron chi connectivity index (χ0n) is 16.2. The number of ether oxygens (including phenoxy) is 1. The Morgan fingerprint density at radius 2 is 1.68 bits per heavy atom. The molecule has 0 bridgehead atoms. The molecule has 11 heteroatoms. The summed E-state index contributed by atoms with van der Waals surface area (Å²) in [7, 11) is -4.32. The van der Waals surface area contributed by atoms with Gasteiger partial charge in [-0.25, -0.2) is 17.6 Å². The molecule has 0 spiro atoms. The van der Waals surface area contributed by atoms with E-state index in [0.717, 1.165) is 12.1 Å². The summed E-state index contributed by atoms with van der Waals surface area (Å²) in [5, 5.41) is 4.50. The number of amides is 3. The predicted molar refractivity (Wildman–Crippen MR) is 98.2 cm³/mol. The normalized spacial score (nSPS) is 13.9. The number of benzene rings is 1. The number of carbonyl (C=O) groups is 3. The molecule has 0 heterocycles. The fourth-order valence-electron chi connectivity index (χ4n) is 1.92. The first-order valence-corrected chi connectivity index (χ1v) is 9.81. The third kappa shape index (κ3) is 7.24. The lowest BCUT2D eigenvalue weighted by Gasteiger charge is -2.21. The molecule has 1 rings (SSSR count). The van der Waals surface area contributed by atoms with E-state index in [0.29, 0.717) is 0 Å². The number of imide groups is 1. The van der Waals surface area contributed by atoms with Crippen LogP contribution in [0.2, 0.25) is 0 Å². The van der Waals surface area contributed by atoms with Gasteiger partial charge in [-0.05, 0) is 46.8 Å². The fourth-order valence-corrected chi connectivity index (χ4v) is 3.19. The molecular weight excluding hydrogens is 393 g/mol. The molecular formula is C17H24FN3O6S. The Morgan fingerprint density at radius 3 is 2.21 bits per heavy atom. The summed E-state index contributed by atoms with van der Waals surface area (Å²) in [6.07, 6.45) is -1.36. The van der Waals surface area contributed by atoms with Crippen LogP contribution in [0.3, 0.4) is 0 Å². The number of rotatable bonds is 6. The van der Waals surface area contributed by atoms with E-state index in [1.165, 1.54) is 26.0 Å². The summed E-state index contributed by atoms with van der Waals surface area (Å²) in [5.41, 5.74) is -0.580. The number of esters is 1. The van der Waals surface area contributed by atoms with Crippen molar-refractivity contribution in [1.82, 2.24) is 15.4 Å². The number of hydrogen-bond donors (Lipinski definition) is 3. The maximum atomic E-state index is 13.7. The maximum Gasteiger partial charge on any atom is 0.324 e. The van der Waals surface area contributed by atoms with Crippen molar-refractivity contribution in [2.75, 3.05) is 0 Å². The van der Waals surface area contributed by atoms with E-state index in [-0.39, 0.29) is 0 Å². The zero-order chi connectivity index (χ0) is 21.7. The molecule has 28 heavy (non-hydrogen) atoms. The Kier molecular flexibility index (Phi) is 7.65. The molecule has 3 amide bonds. The van der Waals surface area contributed by atoms with Gasteiger partial charge in [0.1, 0.15) is 16.8 Å². The third-order valence-electron chi connectivity index (χ3n) is 3.20. The van der Waals surface area contributed by atoms with Crippen LogP contribution in [0.15, 0.2) is 29.2 Å². The lowest BCUT2D eigenvalue weighted by Crippen LogP contribution is -2.51. The van der Waals surface area contributed by atoms with Gasteiger partial charge in [0.25, 0.3) is 5.91 Å². The summed E-state index contributed by atoms with van der Waals surface area (Å²) in [6, 6.07) is 2.49. The summed E-state index contributed by atoms with van der Waals surface area (Å²) in [5.74, 6) is -2.94. The molecule has 0 aliphatic carbocycles. The van der Waals surface area contributed by atoms with Gasteiger partial charge >= 0.3 is 12.0 Å². The Balaban J connectivity index is 2.67. The number of nitrogens with one attached hydrogen (secondary N) is 3. The van der Waals surface area contributed by atoms with E-state index in [9.17, 15) is 27.2 Å². The van der Waals surface area contributed by atoms with Gasteiger partial charge in [0.05, 0.1) is 0 Å². The van der Waals surface area contributed by atoms with Gasteiger partial charge < -0.3 is 10.1 Å². The molecule has 2 atom stereocenters. The third-order valence-corrected chi connectivity index (χ3v) is 4.77. The first-order valence-electron chi connectivity index (χ1n) is 8.33. The van der Waals surface area contributed by atoms with Gasteiger partial charge in [0.2, 0.25) is 10.0 Å². The Hall–Kier alpha value is -2.53. The van der Waals surface area contributed by atoms with Crippen LogP contribution in [0, 0.1) is 5.82 Å². The molecule has 0 aromatic heterocycles. The van der Waals surface area contributed by atoms with E-state index in [4.69, 9.17) is 4.74 Å².